The molecule has 1 N–H and O–H groups in total. The first kappa shape index (κ1) is 19.4. The maximum Gasteiger partial charge on any atom is 0.255 e. The molecule has 0 unspecified atom stereocenters. The first-order valence-electron chi connectivity index (χ1n) is 9.64. The molecule has 7 nitrogen and oxygen atoms in total. The Bertz CT molecular complexity index is 1170. The SMILES string of the molecule is Cc1cc(C)n(-c2ccccc2NC(=O)c2ccc(OCc3nccn3C)cc2)n1. The van der Waals surface area contributed by atoms with Crippen molar-refractivity contribution in [2.75, 3.05) is 5.32 Å². The molecule has 0 aliphatic heterocycles. The van der Waals surface area contributed by atoms with Crippen LogP contribution in [0.4, 0.5) is 5.69 Å². The molecule has 4 aromatic rings. The topological polar surface area (TPSA) is 74.0 Å². The third-order valence-electron chi connectivity index (χ3n) is 4.80. The van der Waals surface area contributed by atoms with E-state index in [9.17, 15) is 4.79 Å². The number of imidazole rings is 1. The number of amides is 1. The second-order valence-electron chi connectivity index (χ2n) is 7.08. The molecule has 0 atom stereocenters. The molecule has 4 rings (SSSR count). The van der Waals surface area contributed by atoms with Crippen LogP contribution in [-0.2, 0) is 13.7 Å². The molecule has 2 aromatic carbocycles. The van der Waals surface area contributed by atoms with Crippen molar-refractivity contribution >= 4 is 11.6 Å². The van der Waals surface area contributed by atoms with Crippen molar-refractivity contribution in [3.05, 3.63) is 89.8 Å². The molecule has 0 bridgehead atoms. The Morgan fingerprint density at radius 3 is 2.53 bits per heavy atom. The smallest absolute Gasteiger partial charge is 0.255 e. The molecule has 0 saturated heterocycles. The van der Waals surface area contributed by atoms with Gasteiger partial charge in [0.15, 0.2) is 0 Å². The monoisotopic (exact) mass is 401 g/mol. The van der Waals surface area contributed by atoms with Crippen LogP contribution in [0.2, 0.25) is 0 Å². The van der Waals surface area contributed by atoms with E-state index in [1.165, 1.54) is 0 Å². The lowest BCUT2D eigenvalue weighted by molar-refractivity contribution is 0.102. The molecular weight excluding hydrogens is 378 g/mol. The summed E-state index contributed by atoms with van der Waals surface area (Å²) in [5, 5.41) is 7.51. The van der Waals surface area contributed by atoms with E-state index in [1.54, 1.807) is 30.5 Å². The number of carbonyl (C=O) groups excluding carboxylic acids is 1. The Balaban J connectivity index is 1.47. The number of nitrogens with one attached hydrogen (secondary N) is 1. The fraction of sp³-hybridized carbons (Fsp3) is 0.174. The van der Waals surface area contributed by atoms with Gasteiger partial charge in [-0.2, -0.15) is 5.10 Å². The van der Waals surface area contributed by atoms with Crippen LogP contribution in [0, 0.1) is 13.8 Å². The summed E-state index contributed by atoms with van der Waals surface area (Å²) in [5.74, 6) is 1.31. The average Bonchev–Trinajstić information content (AvgIpc) is 3.31. The van der Waals surface area contributed by atoms with Gasteiger partial charge in [-0.1, -0.05) is 12.1 Å². The lowest BCUT2D eigenvalue weighted by Crippen LogP contribution is -2.14. The quantitative estimate of drug-likeness (QED) is 0.529. The number of aryl methyl sites for hydroxylation is 3. The summed E-state index contributed by atoms with van der Waals surface area (Å²) >= 11 is 0. The lowest BCUT2D eigenvalue weighted by atomic mass is 10.2. The largest absolute Gasteiger partial charge is 0.486 e. The van der Waals surface area contributed by atoms with Crippen molar-refractivity contribution in [3.8, 4) is 11.4 Å². The van der Waals surface area contributed by atoms with Crippen molar-refractivity contribution in [1.82, 2.24) is 19.3 Å². The highest BCUT2D eigenvalue weighted by Gasteiger charge is 2.12. The molecule has 0 spiro atoms. The van der Waals surface area contributed by atoms with Crippen LogP contribution >= 0.6 is 0 Å². The van der Waals surface area contributed by atoms with E-state index < -0.39 is 0 Å². The second-order valence-corrected chi connectivity index (χ2v) is 7.08. The fourth-order valence-corrected chi connectivity index (χ4v) is 3.22. The highest BCUT2D eigenvalue weighted by atomic mass is 16.5. The van der Waals surface area contributed by atoms with Crippen LogP contribution in [-0.4, -0.2) is 25.2 Å². The van der Waals surface area contributed by atoms with E-state index in [0.29, 0.717) is 23.6 Å². The average molecular weight is 401 g/mol. The molecule has 2 aromatic heterocycles. The summed E-state index contributed by atoms with van der Waals surface area (Å²) < 4.78 is 9.49. The van der Waals surface area contributed by atoms with Crippen LogP contribution in [0.25, 0.3) is 5.69 Å². The standard InChI is InChI=1S/C23H23N5O2/c1-16-14-17(2)28(26-16)21-7-5-4-6-20(21)25-23(29)18-8-10-19(11-9-18)30-15-22-24-12-13-27(22)3/h4-14H,15H2,1-3H3,(H,25,29). The molecule has 2 heterocycles. The fourth-order valence-electron chi connectivity index (χ4n) is 3.22. The molecular formula is C23H23N5O2. The molecule has 0 saturated carbocycles. The minimum atomic E-state index is -0.195. The first-order valence-corrected chi connectivity index (χ1v) is 9.64. The number of rotatable bonds is 6. The Hall–Kier alpha value is -3.87. The zero-order chi connectivity index (χ0) is 21.1. The maximum atomic E-state index is 12.8. The van der Waals surface area contributed by atoms with Gasteiger partial charge in [0.1, 0.15) is 18.2 Å². The zero-order valence-corrected chi connectivity index (χ0v) is 17.2. The van der Waals surface area contributed by atoms with Gasteiger partial charge < -0.3 is 14.6 Å². The predicted octanol–water partition coefficient (Wildman–Crippen LogP) is 4.05. The van der Waals surface area contributed by atoms with Crippen LogP contribution in [0.5, 0.6) is 5.75 Å². The van der Waals surface area contributed by atoms with Gasteiger partial charge in [-0.15, -0.1) is 0 Å². The van der Waals surface area contributed by atoms with Gasteiger partial charge in [-0.05, 0) is 56.3 Å². The Kier molecular flexibility index (Phi) is 5.34. The number of hydrogen-bond acceptors (Lipinski definition) is 4. The molecule has 7 heteroatoms. The second kappa shape index (κ2) is 8.24. The number of para-hydroxylation sites is 2. The summed E-state index contributed by atoms with van der Waals surface area (Å²) in [6.07, 6.45) is 3.60. The minimum Gasteiger partial charge on any atom is -0.486 e. The Morgan fingerprint density at radius 2 is 1.87 bits per heavy atom. The third-order valence-corrected chi connectivity index (χ3v) is 4.80. The van der Waals surface area contributed by atoms with Crippen molar-refractivity contribution in [2.45, 2.75) is 20.5 Å². The number of anilines is 1. The summed E-state index contributed by atoms with van der Waals surface area (Å²) in [7, 11) is 1.92. The van der Waals surface area contributed by atoms with Crippen molar-refractivity contribution in [2.24, 2.45) is 7.05 Å². The van der Waals surface area contributed by atoms with E-state index in [0.717, 1.165) is 22.9 Å². The summed E-state index contributed by atoms with van der Waals surface area (Å²) in [6, 6.07) is 16.7. The normalized spacial score (nSPS) is 10.8. The van der Waals surface area contributed by atoms with Gasteiger partial charge >= 0.3 is 0 Å². The summed E-state index contributed by atoms with van der Waals surface area (Å²) in [6.45, 7) is 4.30. The van der Waals surface area contributed by atoms with Gasteiger partial charge in [0.05, 0.1) is 17.1 Å². The Morgan fingerprint density at radius 1 is 1.10 bits per heavy atom. The van der Waals surface area contributed by atoms with Gasteiger partial charge in [0, 0.05) is 30.7 Å². The van der Waals surface area contributed by atoms with Gasteiger partial charge in [0.2, 0.25) is 0 Å². The van der Waals surface area contributed by atoms with Crippen LogP contribution in [0.3, 0.4) is 0 Å². The lowest BCUT2D eigenvalue weighted by Gasteiger charge is -2.13. The van der Waals surface area contributed by atoms with Gasteiger partial charge in [-0.25, -0.2) is 9.67 Å². The maximum absolute atomic E-state index is 12.8. The van der Waals surface area contributed by atoms with Crippen LogP contribution in [0.1, 0.15) is 27.6 Å². The van der Waals surface area contributed by atoms with E-state index >= 15 is 0 Å². The molecule has 1 amide bonds. The first-order chi connectivity index (χ1) is 14.5. The number of nitrogens with zero attached hydrogens (tertiary/aromatic N) is 4. The van der Waals surface area contributed by atoms with Crippen LogP contribution in [0.15, 0.2) is 67.0 Å². The summed E-state index contributed by atoms with van der Waals surface area (Å²) in [5.41, 5.74) is 4.00. The van der Waals surface area contributed by atoms with E-state index in [-0.39, 0.29) is 5.91 Å². The number of aromatic nitrogens is 4. The number of ether oxygens (including phenoxy) is 1. The number of hydrogen-bond donors (Lipinski definition) is 1. The third kappa shape index (κ3) is 4.10. The van der Waals surface area contributed by atoms with E-state index in [1.807, 2.05) is 66.7 Å². The van der Waals surface area contributed by atoms with Crippen molar-refractivity contribution < 1.29 is 9.53 Å². The predicted molar refractivity (Wildman–Crippen MR) is 115 cm³/mol. The Labute approximate surface area is 174 Å². The highest BCUT2D eigenvalue weighted by molar-refractivity contribution is 6.05. The molecule has 0 radical (unpaired) electrons. The highest BCUT2D eigenvalue weighted by Crippen LogP contribution is 2.23. The van der Waals surface area contributed by atoms with E-state index in [4.69, 9.17) is 4.74 Å². The summed E-state index contributed by atoms with van der Waals surface area (Å²) in [4.78, 5) is 17.0. The molecule has 0 fully saturated rings. The van der Waals surface area contributed by atoms with Crippen molar-refractivity contribution in [3.63, 3.8) is 0 Å². The van der Waals surface area contributed by atoms with Gasteiger partial charge in [-0.3, -0.25) is 4.79 Å². The van der Waals surface area contributed by atoms with Gasteiger partial charge in [0.25, 0.3) is 5.91 Å². The zero-order valence-electron chi connectivity index (χ0n) is 17.2. The number of carbonyl (C=O) groups is 1. The minimum absolute atomic E-state index is 0.195. The molecule has 30 heavy (non-hydrogen) atoms. The van der Waals surface area contributed by atoms with Crippen LogP contribution < -0.4 is 10.1 Å². The molecule has 0 aliphatic carbocycles. The molecule has 152 valence electrons. The number of benzene rings is 2. The van der Waals surface area contributed by atoms with Crippen molar-refractivity contribution in [1.29, 1.82) is 0 Å². The van der Waals surface area contributed by atoms with E-state index in [2.05, 4.69) is 15.4 Å². The molecule has 0 aliphatic rings.